The van der Waals surface area contributed by atoms with Crippen molar-refractivity contribution in [1.29, 1.82) is 0 Å². The van der Waals surface area contributed by atoms with Crippen LogP contribution in [0.1, 0.15) is 88.0 Å². The Morgan fingerprint density at radius 1 is 0.939 bits per heavy atom. The Kier molecular flexibility index (Phi) is 11.9. The van der Waals surface area contributed by atoms with Crippen LogP contribution in [0.3, 0.4) is 0 Å². The van der Waals surface area contributed by atoms with Gasteiger partial charge in [0, 0.05) is 17.7 Å². The number of amides is 1. The Morgan fingerprint density at radius 2 is 1.58 bits per heavy atom. The van der Waals surface area contributed by atoms with Gasteiger partial charge in [-0.2, -0.15) is 0 Å². The number of aromatic carboxylic acids is 1. The molecule has 1 amide bonds. The Balaban J connectivity index is 0.000000294. The van der Waals surface area contributed by atoms with Gasteiger partial charge in [0.15, 0.2) is 0 Å². The number of benzene rings is 2. The van der Waals surface area contributed by atoms with Gasteiger partial charge in [-0.05, 0) is 68.0 Å². The minimum absolute atomic E-state index is 0.0239. The molecule has 4 N–H and O–H groups in total. The Bertz CT molecular complexity index is 857. The molecule has 2 aromatic carbocycles. The minimum atomic E-state index is -0.984. The molecule has 2 aromatic rings. The van der Waals surface area contributed by atoms with E-state index in [1.807, 2.05) is 12.1 Å². The monoisotopic (exact) mass is 452 g/mol. The van der Waals surface area contributed by atoms with Gasteiger partial charge in [0.25, 0.3) is 5.91 Å². The van der Waals surface area contributed by atoms with Crippen LogP contribution in [0.5, 0.6) is 0 Å². The van der Waals surface area contributed by atoms with Gasteiger partial charge in [-0.15, -0.1) is 0 Å². The zero-order valence-corrected chi connectivity index (χ0v) is 19.3. The lowest BCUT2D eigenvalue weighted by Crippen LogP contribution is -2.24. The van der Waals surface area contributed by atoms with Gasteiger partial charge < -0.3 is 16.2 Å². The highest BCUT2D eigenvalue weighted by atomic mass is 16.4. The molecule has 0 heterocycles. The second-order valence-corrected chi connectivity index (χ2v) is 8.54. The SMILES string of the molecule is NCCCCNC(=O)c1ccc(CCC2CCCCC2)cc1.O=Cc1ccc(C(=O)O)cc1. The van der Waals surface area contributed by atoms with Crippen LogP contribution >= 0.6 is 0 Å². The average molecular weight is 453 g/mol. The summed E-state index contributed by atoms with van der Waals surface area (Å²) >= 11 is 0. The number of aryl methyl sites for hydroxylation is 1. The minimum Gasteiger partial charge on any atom is -0.478 e. The van der Waals surface area contributed by atoms with E-state index in [1.165, 1.54) is 68.4 Å². The molecule has 0 radical (unpaired) electrons. The summed E-state index contributed by atoms with van der Waals surface area (Å²) in [6.45, 7) is 1.39. The van der Waals surface area contributed by atoms with Gasteiger partial charge in [0.1, 0.15) is 6.29 Å². The first kappa shape index (κ1) is 26.3. The number of unbranched alkanes of at least 4 members (excludes halogenated alkanes) is 1. The number of nitrogens with one attached hydrogen (secondary N) is 1. The predicted molar refractivity (Wildman–Crippen MR) is 131 cm³/mol. The summed E-state index contributed by atoms with van der Waals surface area (Å²) in [5.74, 6) is -0.0439. The maximum atomic E-state index is 12.0. The van der Waals surface area contributed by atoms with Crippen molar-refractivity contribution in [2.24, 2.45) is 11.7 Å². The first-order chi connectivity index (χ1) is 16.0. The molecule has 6 nitrogen and oxygen atoms in total. The van der Waals surface area contributed by atoms with E-state index in [9.17, 15) is 14.4 Å². The molecule has 0 spiro atoms. The fourth-order valence-electron chi connectivity index (χ4n) is 3.95. The maximum Gasteiger partial charge on any atom is 0.335 e. The maximum absolute atomic E-state index is 12.0. The lowest BCUT2D eigenvalue weighted by Gasteiger charge is -2.21. The molecule has 0 aliphatic heterocycles. The Morgan fingerprint density at radius 3 is 2.15 bits per heavy atom. The van der Waals surface area contributed by atoms with E-state index in [2.05, 4.69) is 17.4 Å². The second kappa shape index (κ2) is 15.0. The van der Waals surface area contributed by atoms with Crippen molar-refractivity contribution in [2.75, 3.05) is 13.1 Å². The molecule has 0 bridgehead atoms. The highest BCUT2D eigenvalue weighted by molar-refractivity contribution is 5.94. The molecule has 33 heavy (non-hydrogen) atoms. The molecule has 0 saturated heterocycles. The van der Waals surface area contributed by atoms with Crippen LogP contribution < -0.4 is 11.1 Å². The summed E-state index contributed by atoms with van der Waals surface area (Å²) < 4.78 is 0. The molecule has 1 aliphatic rings. The lowest BCUT2D eigenvalue weighted by atomic mass is 9.85. The fourth-order valence-corrected chi connectivity index (χ4v) is 3.95. The number of rotatable bonds is 10. The van der Waals surface area contributed by atoms with Crippen LogP contribution in [0.25, 0.3) is 0 Å². The van der Waals surface area contributed by atoms with Gasteiger partial charge >= 0.3 is 5.97 Å². The van der Waals surface area contributed by atoms with Gasteiger partial charge in [-0.3, -0.25) is 9.59 Å². The first-order valence-corrected chi connectivity index (χ1v) is 11.9. The topological polar surface area (TPSA) is 109 Å². The largest absolute Gasteiger partial charge is 0.478 e. The molecule has 1 fully saturated rings. The van der Waals surface area contributed by atoms with E-state index in [4.69, 9.17) is 10.8 Å². The number of hydrogen-bond acceptors (Lipinski definition) is 4. The van der Waals surface area contributed by atoms with E-state index in [0.29, 0.717) is 24.9 Å². The second-order valence-electron chi connectivity index (χ2n) is 8.54. The highest BCUT2D eigenvalue weighted by Gasteiger charge is 2.13. The molecule has 0 atom stereocenters. The van der Waals surface area contributed by atoms with E-state index in [0.717, 1.165) is 30.7 Å². The number of aldehydes is 1. The highest BCUT2D eigenvalue weighted by Crippen LogP contribution is 2.27. The molecular weight excluding hydrogens is 416 g/mol. The standard InChI is InChI=1S/C19H30N2O.C8H6O3/c20-14-4-5-15-21-19(22)18-12-10-17(11-13-18)9-8-16-6-2-1-3-7-16;9-5-6-1-3-7(4-2-6)8(10)11/h10-13,16H,1-9,14-15,20H2,(H,21,22);1-5H,(H,10,11). The van der Waals surface area contributed by atoms with Crippen LogP contribution in [-0.2, 0) is 6.42 Å². The molecule has 1 aliphatic carbocycles. The Hall–Kier alpha value is -2.99. The number of carboxylic acids is 1. The molecule has 0 aromatic heterocycles. The van der Waals surface area contributed by atoms with Crippen molar-refractivity contribution in [2.45, 2.75) is 57.8 Å². The smallest absolute Gasteiger partial charge is 0.335 e. The number of nitrogens with two attached hydrogens (primary N) is 1. The summed E-state index contributed by atoms with van der Waals surface area (Å²) in [7, 11) is 0. The third-order valence-corrected chi connectivity index (χ3v) is 5.99. The number of carbonyl (C=O) groups excluding carboxylic acids is 2. The first-order valence-electron chi connectivity index (χ1n) is 11.9. The molecule has 6 heteroatoms. The molecule has 0 unspecified atom stereocenters. The third kappa shape index (κ3) is 10.00. The third-order valence-electron chi connectivity index (χ3n) is 5.99. The Labute approximate surface area is 196 Å². The van der Waals surface area contributed by atoms with Crippen LogP contribution in [0, 0.1) is 5.92 Å². The van der Waals surface area contributed by atoms with Crippen LogP contribution in [0.2, 0.25) is 0 Å². The summed E-state index contributed by atoms with van der Waals surface area (Å²) in [5, 5.41) is 11.4. The van der Waals surface area contributed by atoms with Gasteiger partial charge in [0.05, 0.1) is 5.56 Å². The molecule has 1 saturated carbocycles. The summed E-state index contributed by atoms with van der Waals surface area (Å²) in [6.07, 6.45) is 12.1. The number of carboxylic acid groups (broad SMARTS) is 1. The quantitative estimate of drug-likeness (QED) is 0.352. The molecular formula is C27H36N2O4. The zero-order chi connectivity index (χ0) is 23.9. The van der Waals surface area contributed by atoms with E-state index >= 15 is 0 Å². The van der Waals surface area contributed by atoms with E-state index < -0.39 is 5.97 Å². The van der Waals surface area contributed by atoms with Crippen molar-refractivity contribution < 1.29 is 19.5 Å². The van der Waals surface area contributed by atoms with Crippen LogP contribution in [0.15, 0.2) is 48.5 Å². The summed E-state index contributed by atoms with van der Waals surface area (Å²) in [6, 6.07) is 13.9. The molecule has 178 valence electrons. The molecule has 3 rings (SSSR count). The van der Waals surface area contributed by atoms with Crippen LogP contribution in [0.4, 0.5) is 0 Å². The van der Waals surface area contributed by atoms with Crippen molar-refractivity contribution in [1.82, 2.24) is 5.32 Å². The lowest BCUT2D eigenvalue weighted by molar-refractivity contribution is 0.0696. The van der Waals surface area contributed by atoms with Crippen molar-refractivity contribution >= 4 is 18.2 Å². The normalized spacial score (nSPS) is 13.5. The van der Waals surface area contributed by atoms with Crippen molar-refractivity contribution in [3.8, 4) is 0 Å². The van der Waals surface area contributed by atoms with E-state index in [1.54, 1.807) is 0 Å². The zero-order valence-electron chi connectivity index (χ0n) is 19.3. The van der Waals surface area contributed by atoms with Crippen LogP contribution in [-0.4, -0.2) is 36.4 Å². The van der Waals surface area contributed by atoms with Crippen molar-refractivity contribution in [3.05, 3.63) is 70.8 Å². The van der Waals surface area contributed by atoms with E-state index in [-0.39, 0.29) is 11.5 Å². The fraction of sp³-hybridized carbons (Fsp3) is 0.444. The number of hydrogen-bond donors (Lipinski definition) is 3. The summed E-state index contributed by atoms with van der Waals surface area (Å²) in [5.41, 5.74) is 8.23. The van der Waals surface area contributed by atoms with Gasteiger partial charge in [-0.1, -0.05) is 56.4 Å². The summed E-state index contributed by atoms with van der Waals surface area (Å²) in [4.78, 5) is 32.4. The van der Waals surface area contributed by atoms with Crippen molar-refractivity contribution in [3.63, 3.8) is 0 Å². The average Bonchev–Trinajstić information content (AvgIpc) is 2.86. The predicted octanol–water partition coefficient (Wildman–Crippen LogP) is 4.87. The van der Waals surface area contributed by atoms with Gasteiger partial charge in [0.2, 0.25) is 0 Å². The number of carbonyl (C=O) groups is 3. The van der Waals surface area contributed by atoms with Gasteiger partial charge in [-0.25, -0.2) is 4.79 Å².